The predicted molar refractivity (Wildman–Crippen MR) is 58.5 cm³/mol. The maximum Gasteiger partial charge on any atom is 0.225 e. The van der Waals surface area contributed by atoms with E-state index in [-0.39, 0.29) is 6.04 Å². The molecule has 0 aromatic rings. The molecule has 1 aliphatic carbocycles. The van der Waals surface area contributed by atoms with Crippen molar-refractivity contribution in [1.82, 2.24) is 4.72 Å². The fourth-order valence-corrected chi connectivity index (χ4v) is 3.26. The van der Waals surface area contributed by atoms with Crippen LogP contribution >= 0.6 is 0 Å². The fraction of sp³-hybridized carbons (Fsp3) is 0.900. The van der Waals surface area contributed by atoms with Gasteiger partial charge < -0.3 is 0 Å². The number of hydrogen-bond acceptors (Lipinski definition) is 3. The zero-order valence-electron chi connectivity index (χ0n) is 9.23. The highest BCUT2D eigenvalue weighted by Crippen LogP contribution is 2.28. The van der Waals surface area contributed by atoms with Crippen molar-refractivity contribution in [2.24, 2.45) is 11.8 Å². The van der Waals surface area contributed by atoms with E-state index >= 15 is 0 Å². The van der Waals surface area contributed by atoms with Gasteiger partial charge in [-0.25, -0.2) is 13.1 Å². The molecule has 15 heavy (non-hydrogen) atoms. The first-order chi connectivity index (χ1) is 6.94. The van der Waals surface area contributed by atoms with Crippen LogP contribution in [0, 0.1) is 23.2 Å². The molecule has 5 heteroatoms. The number of rotatable bonds is 3. The Bertz CT molecular complexity index is 345. The average Bonchev–Trinajstić information content (AvgIpc) is 2.09. The largest absolute Gasteiger partial charge is 0.225 e. The molecule has 0 saturated heterocycles. The minimum absolute atomic E-state index is 0.0135. The second-order valence-electron chi connectivity index (χ2n) is 4.54. The van der Waals surface area contributed by atoms with E-state index < -0.39 is 15.8 Å². The number of nitrogens with zero attached hydrogens (tertiary/aromatic N) is 1. The Morgan fingerprint density at radius 3 is 2.60 bits per heavy atom. The number of nitrogens with one attached hydrogen (secondary N) is 1. The van der Waals surface area contributed by atoms with Gasteiger partial charge in [-0.15, -0.1) is 0 Å². The number of hydrogen-bond donors (Lipinski definition) is 1. The third-order valence-electron chi connectivity index (χ3n) is 3.02. The molecule has 86 valence electrons. The van der Waals surface area contributed by atoms with Crippen LogP contribution in [0.2, 0.25) is 0 Å². The van der Waals surface area contributed by atoms with E-state index in [0.29, 0.717) is 11.8 Å². The molecule has 1 N–H and O–H groups in total. The van der Waals surface area contributed by atoms with Gasteiger partial charge in [-0.3, -0.25) is 0 Å². The first-order valence-corrected chi connectivity index (χ1v) is 6.97. The number of nitriles is 1. The Morgan fingerprint density at radius 2 is 2.07 bits per heavy atom. The Balaban J connectivity index is 2.56. The van der Waals surface area contributed by atoms with E-state index in [0.717, 1.165) is 19.3 Å². The molecule has 0 aromatic carbocycles. The van der Waals surface area contributed by atoms with Crippen molar-refractivity contribution < 1.29 is 8.42 Å². The topological polar surface area (TPSA) is 70.0 Å². The van der Waals surface area contributed by atoms with E-state index in [4.69, 9.17) is 5.26 Å². The third kappa shape index (κ3) is 3.80. The highest BCUT2D eigenvalue weighted by Gasteiger charge is 2.28. The molecule has 0 bridgehead atoms. The summed E-state index contributed by atoms with van der Waals surface area (Å²) in [6, 6.07) is 1.68. The lowest BCUT2D eigenvalue weighted by atomic mass is 9.80. The van der Waals surface area contributed by atoms with Gasteiger partial charge in [0, 0.05) is 6.04 Å². The van der Waals surface area contributed by atoms with Crippen molar-refractivity contribution >= 4 is 10.0 Å². The molecule has 1 aliphatic rings. The van der Waals surface area contributed by atoms with Crippen molar-refractivity contribution in [3.8, 4) is 6.07 Å². The van der Waals surface area contributed by atoms with Gasteiger partial charge in [0.25, 0.3) is 0 Å². The van der Waals surface area contributed by atoms with Gasteiger partial charge in [0.05, 0.1) is 6.07 Å². The molecule has 0 amide bonds. The lowest BCUT2D eigenvalue weighted by Crippen LogP contribution is -2.43. The molecule has 3 unspecified atom stereocenters. The fourth-order valence-electron chi connectivity index (χ4n) is 2.20. The van der Waals surface area contributed by atoms with Crippen LogP contribution in [0.15, 0.2) is 0 Å². The van der Waals surface area contributed by atoms with Crippen molar-refractivity contribution in [2.75, 3.05) is 5.75 Å². The van der Waals surface area contributed by atoms with Crippen LogP contribution in [0.4, 0.5) is 0 Å². The third-order valence-corrected chi connectivity index (χ3v) is 4.19. The number of sulfonamides is 1. The predicted octanol–water partition coefficient (Wildman–Crippen LogP) is 1.25. The quantitative estimate of drug-likeness (QED) is 0.793. The molecule has 1 fully saturated rings. The second kappa shape index (κ2) is 4.95. The standard InChI is InChI=1S/C10H18N2O2S/c1-8-3-4-10(9(2)7-8)12-15(13,14)6-5-11/h8-10,12H,3-4,6-7H2,1-2H3. The minimum atomic E-state index is -3.39. The summed E-state index contributed by atoms with van der Waals surface area (Å²) in [5.74, 6) is 0.602. The van der Waals surface area contributed by atoms with Crippen LogP contribution in [0.5, 0.6) is 0 Å². The van der Waals surface area contributed by atoms with E-state index in [1.54, 1.807) is 6.07 Å². The van der Waals surface area contributed by atoms with Crippen LogP contribution in [0.25, 0.3) is 0 Å². The van der Waals surface area contributed by atoms with Gasteiger partial charge in [0.1, 0.15) is 0 Å². The Kier molecular flexibility index (Phi) is 4.12. The molecule has 0 radical (unpaired) electrons. The average molecular weight is 230 g/mol. The van der Waals surface area contributed by atoms with Crippen LogP contribution in [-0.2, 0) is 10.0 Å². The van der Waals surface area contributed by atoms with Crippen LogP contribution in [-0.4, -0.2) is 20.2 Å². The zero-order chi connectivity index (χ0) is 11.5. The van der Waals surface area contributed by atoms with Crippen LogP contribution in [0.3, 0.4) is 0 Å². The molecular formula is C10H18N2O2S. The van der Waals surface area contributed by atoms with Crippen molar-refractivity contribution in [1.29, 1.82) is 5.26 Å². The minimum Gasteiger partial charge on any atom is -0.211 e. The molecule has 0 spiro atoms. The van der Waals surface area contributed by atoms with Gasteiger partial charge >= 0.3 is 0 Å². The van der Waals surface area contributed by atoms with Gasteiger partial charge in [0.15, 0.2) is 5.75 Å². The molecular weight excluding hydrogens is 212 g/mol. The Morgan fingerprint density at radius 1 is 1.40 bits per heavy atom. The summed E-state index contributed by atoms with van der Waals surface area (Å²) in [5.41, 5.74) is 0. The summed E-state index contributed by atoms with van der Waals surface area (Å²) < 4.78 is 25.4. The summed E-state index contributed by atoms with van der Waals surface area (Å²) >= 11 is 0. The monoisotopic (exact) mass is 230 g/mol. The van der Waals surface area contributed by atoms with Crippen molar-refractivity contribution in [3.63, 3.8) is 0 Å². The Labute approximate surface area is 91.7 Å². The lowest BCUT2D eigenvalue weighted by molar-refractivity contribution is 0.249. The smallest absolute Gasteiger partial charge is 0.211 e. The van der Waals surface area contributed by atoms with E-state index in [1.165, 1.54) is 0 Å². The van der Waals surface area contributed by atoms with Gasteiger partial charge in [-0.1, -0.05) is 13.8 Å². The normalized spacial score (nSPS) is 32.2. The first-order valence-electron chi connectivity index (χ1n) is 5.31. The molecule has 0 aromatic heterocycles. The molecule has 3 atom stereocenters. The summed E-state index contributed by atoms with van der Waals surface area (Å²) in [4.78, 5) is 0. The maximum atomic E-state index is 11.4. The summed E-state index contributed by atoms with van der Waals surface area (Å²) in [5, 5.41) is 8.37. The highest BCUT2D eigenvalue weighted by molar-refractivity contribution is 7.89. The molecule has 4 nitrogen and oxygen atoms in total. The van der Waals surface area contributed by atoms with Crippen molar-refractivity contribution in [2.45, 2.75) is 39.2 Å². The van der Waals surface area contributed by atoms with Gasteiger partial charge in [-0.2, -0.15) is 5.26 Å². The molecule has 1 rings (SSSR count). The summed E-state index contributed by atoms with van der Waals surface area (Å²) in [6.07, 6.45) is 3.00. The Hall–Kier alpha value is -0.600. The van der Waals surface area contributed by atoms with E-state index in [2.05, 4.69) is 18.6 Å². The summed E-state index contributed by atoms with van der Waals surface area (Å²) in [7, 11) is -3.39. The van der Waals surface area contributed by atoms with Crippen molar-refractivity contribution in [3.05, 3.63) is 0 Å². The zero-order valence-corrected chi connectivity index (χ0v) is 10.0. The lowest BCUT2D eigenvalue weighted by Gasteiger charge is -2.32. The van der Waals surface area contributed by atoms with Crippen LogP contribution < -0.4 is 4.72 Å². The summed E-state index contributed by atoms with van der Waals surface area (Å²) in [6.45, 7) is 4.26. The van der Waals surface area contributed by atoms with Gasteiger partial charge in [0.2, 0.25) is 10.0 Å². The first kappa shape index (κ1) is 12.5. The van der Waals surface area contributed by atoms with E-state index in [9.17, 15) is 8.42 Å². The highest BCUT2D eigenvalue weighted by atomic mass is 32.2. The molecule has 1 saturated carbocycles. The second-order valence-corrected chi connectivity index (χ2v) is 6.29. The molecule has 0 heterocycles. The van der Waals surface area contributed by atoms with Crippen LogP contribution in [0.1, 0.15) is 33.1 Å². The van der Waals surface area contributed by atoms with Gasteiger partial charge in [-0.05, 0) is 31.1 Å². The maximum absolute atomic E-state index is 11.4. The molecule has 0 aliphatic heterocycles. The van der Waals surface area contributed by atoms with E-state index in [1.807, 2.05) is 0 Å². The SMILES string of the molecule is CC1CCC(NS(=O)(=O)CC#N)C(C)C1.